The van der Waals surface area contributed by atoms with Crippen molar-refractivity contribution in [3.8, 4) is 6.07 Å². The Morgan fingerprint density at radius 3 is 2.85 bits per heavy atom. The monoisotopic (exact) mass is 360 g/mol. The molecule has 1 fully saturated rings. The zero-order valence-corrected chi connectivity index (χ0v) is 15.0. The topological polar surface area (TPSA) is 78.1 Å². The molecular weight excluding hydrogens is 340 g/mol. The minimum atomic E-state index is -0.0642. The SMILES string of the molecule is N#Cc1cccnc1N1CCCN(Cn2ncc3ccccc3c2=O)CC1. The van der Waals surface area contributed by atoms with Gasteiger partial charge in [-0.1, -0.05) is 18.2 Å². The second-order valence-electron chi connectivity index (χ2n) is 6.62. The number of benzene rings is 1. The number of hydrogen-bond donors (Lipinski definition) is 0. The third-order valence-electron chi connectivity index (χ3n) is 4.89. The molecule has 0 saturated carbocycles. The van der Waals surface area contributed by atoms with Crippen molar-refractivity contribution in [3.05, 3.63) is 64.7 Å². The van der Waals surface area contributed by atoms with Crippen LogP contribution in [0.3, 0.4) is 0 Å². The maximum atomic E-state index is 12.7. The first-order chi connectivity index (χ1) is 13.3. The molecule has 0 unspecified atom stereocenters. The molecule has 27 heavy (non-hydrogen) atoms. The molecular formula is C20H20N6O. The molecule has 2 aromatic heterocycles. The van der Waals surface area contributed by atoms with Crippen molar-refractivity contribution >= 4 is 16.6 Å². The Hall–Kier alpha value is -3.24. The molecule has 0 bridgehead atoms. The van der Waals surface area contributed by atoms with Gasteiger partial charge in [0, 0.05) is 37.8 Å². The lowest BCUT2D eigenvalue weighted by atomic mass is 10.2. The Kier molecular flexibility index (Phi) is 4.81. The number of anilines is 1. The fourth-order valence-electron chi connectivity index (χ4n) is 3.48. The molecule has 3 heterocycles. The summed E-state index contributed by atoms with van der Waals surface area (Å²) in [6.45, 7) is 3.70. The molecule has 4 rings (SSSR count). The van der Waals surface area contributed by atoms with Crippen molar-refractivity contribution in [2.45, 2.75) is 13.1 Å². The molecule has 1 aliphatic rings. The minimum absolute atomic E-state index is 0.0642. The van der Waals surface area contributed by atoms with E-state index in [1.54, 1.807) is 24.5 Å². The van der Waals surface area contributed by atoms with E-state index >= 15 is 0 Å². The fourth-order valence-corrected chi connectivity index (χ4v) is 3.48. The summed E-state index contributed by atoms with van der Waals surface area (Å²) in [4.78, 5) is 21.4. The van der Waals surface area contributed by atoms with Crippen LogP contribution in [0.2, 0.25) is 0 Å². The fraction of sp³-hybridized carbons (Fsp3) is 0.300. The quantitative estimate of drug-likeness (QED) is 0.709. The van der Waals surface area contributed by atoms with Crippen molar-refractivity contribution in [2.24, 2.45) is 0 Å². The van der Waals surface area contributed by atoms with Crippen LogP contribution in [-0.2, 0) is 6.67 Å². The van der Waals surface area contributed by atoms with E-state index in [4.69, 9.17) is 0 Å². The van der Waals surface area contributed by atoms with Gasteiger partial charge >= 0.3 is 0 Å². The maximum absolute atomic E-state index is 12.7. The summed E-state index contributed by atoms with van der Waals surface area (Å²) in [7, 11) is 0. The van der Waals surface area contributed by atoms with Crippen LogP contribution >= 0.6 is 0 Å². The van der Waals surface area contributed by atoms with Gasteiger partial charge in [0.2, 0.25) is 0 Å². The van der Waals surface area contributed by atoms with Crippen LogP contribution in [0.4, 0.5) is 5.82 Å². The van der Waals surface area contributed by atoms with E-state index in [0.717, 1.165) is 43.8 Å². The summed E-state index contributed by atoms with van der Waals surface area (Å²) in [6.07, 6.45) is 4.40. The van der Waals surface area contributed by atoms with Crippen LogP contribution in [0.1, 0.15) is 12.0 Å². The molecule has 3 aromatic rings. The van der Waals surface area contributed by atoms with E-state index in [1.807, 2.05) is 24.3 Å². The highest BCUT2D eigenvalue weighted by atomic mass is 16.1. The van der Waals surface area contributed by atoms with Crippen LogP contribution in [0, 0.1) is 11.3 Å². The van der Waals surface area contributed by atoms with E-state index in [-0.39, 0.29) is 5.56 Å². The molecule has 136 valence electrons. The Bertz CT molecular complexity index is 1050. The number of nitrogens with zero attached hydrogens (tertiary/aromatic N) is 6. The van der Waals surface area contributed by atoms with E-state index in [9.17, 15) is 10.1 Å². The number of hydrogen-bond acceptors (Lipinski definition) is 6. The first-order valence-corrected chi connectivity index (χ1v) is 9.03. The molecule has 0 aliphatic carbocycles. The zero-order valence-electron chi connectivity index (χ0n) is 15.0. The molecule has 0 spiro atoms. The second kappa shape index (κ2) is 7.56. The molecule has 0 N–H and O–H groups in total. The van der Waals surface area contributed by atoms with Crippen LogP contribution < -0.4 is 10.5 Å². The van der Waals surface area contributed by atoms with E-state index in [0.29, 0.717) is 17.6 Å². The van der Waals surface area contributed by atoms with Crippen molar-refractivity contribution in [2.75, 3.05) is 31.1 Å². The highest BCUT2D eigenvalue weighted by Gasteiger charge is 2.19. The zero-order chi connectivity index (χ0) is 18.6. The Balaban J connectivity index is 1.50. The molecule has 7 nitrogen and oxygen atoms in total. The molecule has 1 aliphatic heterocycles. The van der Waals surface area contributed by atoms with Gasteiger partial charge in [-0.25, -0.2) is 9.67 Å². The summed E-state index contributed by atoms with van der Waals surface area (Å²) in [5, 5.41) is 15.2. The van der Waals surface area contributed by atoms with Gasteiger partial charge in [0.25, 0.3) is 5.56 Å². The van der Waals surface area contributed by atoms with Crippen LogP contribution in [0.5, 0.6) is 0 Å². The average molecular weight is 360 g/mol. The number of nitriles is 1. The van der Waals surface area contributed by atoms with Gasteiger partial charge in [0.15, 0.2) is 0 Å². The number of aromatic nitrogens is 3. The van der Waals surface area contributed by atoms with Gasteiger partial charge in [0.1, 0.15) is 11.9 Å². The lowest BCUT2D eigenvalue weighted by Crippen LogP contribution is -2.36. The van der Waals surface area contributed by atoms with Gasteiger partial charge in [-0.2, -0.15) is 10.4 Å². The molecule has 0 radical (unpaired) electrons. The normalized spacial score (nSPS) is 15.4. The summed E-state index contributed by atoms with van der Waals surface area (Å²) in [5.74, 6) is 0.739. The van der Waals surface area contributed by atoms with Crippen molar-refractivity contribution in [1.29, 1.82) is 5.26 Å². The van der Waals surface area contributed by atoms with Gasteiger partial charge in [-0.05, 0) is 24.6 Å². The average Bonchev–Trinajstić information content (AvgIpc) is 2.96. The molecule has 7 heteroatoms. The number of fused-ring (bicyclic) bond motifs is 1. The number of pyridine rings is 1. The number of rotatable bonds is 3. The van der Waals surface area contributed by atoms with E-state index in [2.05, 4.69) is 26.0 Å². The largest absolute Gasteiger partial charge is 0.354 e. The Morgan fingerprint density at radius 2 is 1.96 bits per heavy atom. The summed E-state index contributed by atoms with van der Waals surface area (Å²) >= 11 is 0. The first kappa shape index (κ1) is 17.2. The van der Waals surface area contributed by atoms with Gasteiger partial charge < -0.3 is 4.90 Å². The lowest BCUT2D eigenvalue weighted by Gasteiger charge is -2.23. The Morgan fingerprint density at radius 1 is 1.07 bits per heavy atom. The van der Waals surface area contributed by atoms with Crippen molar-refractivity contribution in [1.82, 2.24) is 19.7 Å². The Labute approximate surface area is 157 Å². The third-order valence-corrected chi connectivity index (χ3v) is 4.89. The lowest BCUT2D eigenvalue weighted by molar-refractivity contribution is 0.217. The van der Waals surface area contributed by atoms with Crippen LogP contribution in [0.25, 0.3) is 10.8 Å². The minimum Gasteiger partial charge on any atom is -0.354 e. The van der Waals surface area contributed by atoms with Crippen molar-refractivity contribution in [3.63, 3.8) is 0 Å². The maximum Gasteiger partial charge on any atom is 0.275 e. The van der Waals surface area contributed by atoms with Crippen LogP contribution in [0.15, 0.2) is 53.6 Å². The molecule has 0 amide bonds. The van der Waals surface area contributed by atoms with E-state index < -0.39 is 0 Å². The third kappa shape index (κ3) is 3.52. The second-order valence-corrected chi connectivity index (χ2v) is 6.62. The summed E-state index contributed by atoms with van der Waals surface area (Å²) in [5.41, 5.74) is 0.532. The standard InChI is InChI=1S/C20H20N6O/c21-13-16-6-3-8-22-19(16)25-10-4-9-24(11-12-25)15-26-20(27)18-7-2-1-5-17(18)14-23-26/h1-3,5-8,14H,4,9-12,15H2. The first-order valence-electron chi connectivity index (χ1n) is 9.03. The van der Waals surface area contributed by atoms with Gasteiger partial charge in [-0.3, -0.25) is 9.69 Å². The summed E-state index contributed by atoms with van der Waals surface area (Å²) < 4.78 is 1.53. The predicted molar refractivity (Wildman–Crippen MR) is 103 cm³/mol. The van der Waals surface area contributed by atoms with E-state index in [1.165, 1.54) is 4.68 Å². The highest BCUT2D eigenvalue weighted by molar-refractivity contribution is 5.80. The highest BCUT2D eigenvalue weighted by Crippen LogP contribution is 2.18. The van der Waals surface area contributed by atoms with Gasteiger partial charge in [0.05, 0.1) is 23.8 Å². The van der Waals surface area contributed by atoms with Gasteiger partial charge in [-0.15, -0.1) is 0 Å². The smallest absolute Gasteiger partial charge is 0.275 e. The predicted octanol–water partition coefficient (Wildman–Crippen LogP) is 1.83. The molecule has 1 saturated heterocycles. The molecule has 0 atom stereocenters. The van der Waals surface area contributed by atoms with Crippen molar-refractivity contribution < 1.29 is 0 Å². The van der Waals surface area contributed by atoms with Crippen LogP contribution in [-0.4, -0.2) is 45.8 Å². The summed E-state index contributed by atoms with van der Waals surface area (Å²) in [6, 6.07) is 13.3. The molecule has 1 aromatic carbocycles.